The van der Waals surface area contributed by atoms with Crippen LogP contribution in [0.3, 0.4) is 0 Å². The van der Waals surface area contributed by atoms with Gasteiger partial charge >= 0.3 is 5.97 Å². The normalized spacial score (nSPS) is 32.0. The highest BCUT2D eigenvalue weighted by molar-refractivity contribution is 5.95. The molecular weight excluding hydrogens is 180 g/mol. The number of rotatable bonds is 1. The molecule has 0 radical (unpaired) electrons. The second kappa shape index (κ2) is 3.23. The van der Waals surface area contributed by atoms with Crippen LogP contribution in [-0.4, -0.2) is 16.9 Å². The summed E-state index contributed by atoms with van der Waals surface area (Å²) in [5, 5.41) is 9.26. The van der Waals surface area contributed by atoms with Crippen molar-refractivity contribution in [3.05, 3.63) is 11.6 Å². The second-order valence-corrected chi connectivity index (χ2v) is 4.23. The van der Waals surface area contributed by atoms with Gasteiger partial charge in [-0.05, 0) is 37.3 Å². The van der Waals surface area contributed by atoms with Gasteiger partial charge < -0.3 is 5.11 Å². The Balaban J connectivity index is 2.40. The lowest BCUT2D eigenvalue weighted by atomic mass is 9.65. The maximum absolute atomic E-state index is 11.3. The molecule has 1 atom stereocenters. The van der Waals surface area contributed by atoms with Gasteiger partial charge in [-0.15, -0.1) is 0 Å². The highest BCUT2D eigenvalue weighted by atomic mass is 16.4. The van der Waals surface area contributed by atoms with Crippen molar-refractivity contribution >= 4 is 11.8 Å². The molecule has 0 aromatic rings. The molecule has 0 aromatic heterocycles. The first-order chi connectivity index (χ1) is 6.65. The maximum Gasteiger partial charge on any atom is 0.313 e. The Kier molecular flexibility index (Phi) is 2.17. The van der Waals surface area contributed by atoms with E-state index in [1.807, 2.05) is 0 Å². The molecule has 0 aromatic carbocycles. The van der Waals surface area contributed by atoms with Gasteiger partial charge in [0.25, 0.3) is 0 Å². The molecule has 0 saturated heterocycles. The van der Waals surface area contributed by atoms with Gasteiger partial charge in [-0.25, -0.2) is 0 Å². The largest absolute Gasteiger partial charge is 0.481 e. The third-order valence-electron chi connectivity index (χ3n) is 3.46. The average Bonchev–Trinajstić information content (AvgIpc) is 2.17. The number of carboxylic acid groups (broad SMARTS) is 1. The SMILES string of the molecule is O=C1C=C2CCCCC2(C(=O)O)CC1. The fraction of sp³-hybridized carbons (Fsp3) is 0.636. The summed E-state index contributed by atoms with van der Waals surface area (Å²) in [6.45, 7) is 0. The lowest BCUT2D eigenvalue weighted by molar-refractivity contribution is -0.148. The first-order valence-electron chi connectivity index (χ1n) is 5.12. The molecule has 2 aliphatic rings. The van der Waals surface area contributed by atoms with Crippen molar-refractivity contribution in [2.75, 3.05) is 0 Å². The van der Waals surface area contributed by atoms with Crippen LogP contribution in [0.25, 0.3) is 0 Å². The quantitative estimate of drug-likeness (QED) is 0.693. The van der Waals surface area contributed by atoms with E-state index in [0.717, 1.165) is 24.8 Å². The zero-order valence-electron chi connectivity index (χ0n) is 8.08. The van der Waals surface area contributed by atoms with Crippen LogP contribution in [0.5, 0.6) is 0 Å². The van der Waals surface area contributed by atoms with Crippen molar-refractivity contribution in [3.63, 3.8) is 0 Å². The number of allylic oxidation sites excluding steroid dienone is 1. The minimum absolute atomic E-state index is 0.0961. The summed E-state index contributed by atoms with van der Waals surface area (Å²) in [4.78, 5) is 22.5. The number of ketones is 1. The third-order valence-corrected chi connectivity index (χ3v) is 3.46. The van der Waals surface area contributed by atoms with Gasteiger partial charge in [0.2, 0.25) is 0 Å². The molecule has 0 amide bonds. The highest BCUT2D eigenvalue weighted by Crippen LogP contribution is 2.46. The lowest BCUT2D eigenvalue weighted by Crippen LogP contribution is -2.38. The molecule has 0 heterocycles. The predicted octanol–water partition coefficient (Wildman–Crippen LogP) is 1.92. The molecule has 0 aliphatic heterocycles. The van der Waals surface area contributed by atoms with E-state index >= 15 is 0 Å². The topological polar surface area (TPSA) is 54.4 Å². The smallest absolute Gasteiger partial charge is 0.313 e. The predicted molar refractivity (Wildman–Crippen MR) is 50.9 cm³/mol. The Morgan fingerprint density at radius 1 is 1.29 bits per heavy atom. The molecule has 2 aliphatic carbocycles. The van der Waals surface area contributed by atoms with E-state index in [1.54, 1.807) is 6.08 Å². The molecule has 1 unspecified atom stereocenters. The van der Waals surface area contributed by atoms with Crippen LogP contribution in [0.2, 0.25) is 0 Å². The molecule has 3 nitrogen and oxygen atoms in total. The van der Waals surface area contributed by atoms with E-state index in [9.17, 15) is 14.7 Å². The molecule has 1 saturated carbocycles. The van der Waals surface area contributed by atoms with Crippen molar-refractivity contribution in [1.29, 1.82) is 0 Å². The zero-order valence-corrected chi connectivity index (χ0v) is 8.08. The van der Waals surface area contributed by atoms with Gasteiger partial charge in [0, 0.05) is 6.42 Å². The summed E-state index contributed by atoms with van der Waals surface area (Å²) in [6.07, 6.45) is 5.98. The van der Waals surface area contributed by atoms with Gasteiger partial charge in [-0.3, -0.25) is 9.59 Å². The third kappa shape index (κ3) is 1.27. The van der Waals surface area contributed by atoms with Crippen LogP contribution >= 0.6 is 0 Å². The number of hydrogen-bond donors (Lipinski definition) is 1. The highest BCUT2D eigenvalue weighted by Gasteiger charge is 2.45. The van der Waals surface area contributed by atoms with Crippen molar-refractivity contribution in [2.24, 2.45) is 5.41 Å². The Hall–Kier alpha value is -1.12. The summed E-state index contributed by atoms with van der Waals surface area (Å²) >= 11 is 0. The van der Waals surface area contributed by atoms with E-state index < -0.39 is 11.4 Å². The summed E-state index contributed by atoms with van der Waals surface area (Å²) in [5.41, 5.74) is 0.180. The lowest BCUT2D eigenvalue weighted by Gasteiger charge is -2.38. The summed E-state index contributed by atoms with van der Waals surface area (Å²) in [6, 6.07) is 0. The minimum atomic E-state index is -0.740. The molecule has 0 spiro atoms. The monoisotopic (exact) mass is 194 g/mol. The van der Waals surface area contributed by atoms with E-state index in [-0.39, 0.29) is 5.78 Å². The molecule has 1 N–H and O–H groups in total. The first-order valence-corrected chi connectivity index (χ1v) is 5.12. The van der Waals surface area contributed by atoms with Gasteiger partial charge in [0.1, 0.15) is 0 Å². The second-order valence-electron chi connectivity index (χ2n) is 4.23. The van der Waals surface area contributed by atoms with Gasteiger partial charge in [-0.2, -0.15) is 0 Å². The Bertz CT molecular complexity index is 316. The molecule has 0 bridgehead atoms. The van der Waals surface area contributed by atoms with Gasteiger partial charge in [0.05, 0.1) is 5.41 Å². The molecular formula is C11H14O3. The summed E-state index contributed by atoms with van der Waals surface area (Å²) in [7, 11) is 0. The molecule has 1 fully saturated rings. The zero-order chi connectivity index (χ0) is 10.2. The van der Waals surface area contributed by atoms with Crippen LogP contribution in [0.4, 0.5) is 0 Å². The molecule has 3 heteroatoms. The van der Waals surface area contributed by atoms with Crippen molar-refractivity contribution in [1.82, 2.24) is 0 Å². The number of carbonyl (C=O) groups excluding carboxylic acids is 1. The number of carbonyl (C=O) groups is 2. The number of fused-ring (bicyclic) bond motifs is 1. The fourth-order valence-electron chi connectivity index (χ4n) is 2.59. The van der Waals surface area contributed by atoms with E-state index in [4.69, 9.17) is 0 Å². The summed E-state index contributed by atoms with van der Waals surface area (Å²) in [5.74, 6) is -0.644. The van der Waals surface area contributed by atoms with E-state index in [2.05, 4.69) is 0 Å². The van der Waals surface area contributed by atoms with Crippen LogP contribution in [0.1, 0.15) is 38.5 Å². The first kappa shape index (κ1) is 9.44. The van der Waals surface area contributed by atoms with Crippen LogP contribution in [-0.2, 0) is 9.59 Å². The Morgan fingerprint density at radius 3 is 2.79 bits per heavy atom. The minimum Gasteiger partial charge on any atom is -0.481 e. The Labute approximate surface area is 82.8 Å². The van der Waals surface area contributed by atoms with Gasteiger partial charge in [0.15, 0.2) is 5.78 Å². The fourth-order valence-corrected chi connectivity index (χ4v) is 2.59. The molecule has 76 valence electrons. The van der Waals surface area contributed by atoms with Gasteiger partial charge in [-0.1, -0.05) is 6.42 Å². The summed E-state index contributed by atoms with van der Waals surface area (Å²) < 4.78 is 0. The van der Waals surface area contributed by atoms with Crippen LogP contribution < -0.4 is 0 Å². The van der Waals surface area contributed by atoms with Crippen molar-refractivity contribution in [3.8, 4) is 0 Å². The molecule has 2 rings (SSSR count). The van der Waals surface area contributed by atoms with Crippen molar-refractivity contribution < 1.29 is 14.7 Å². The number of aliphatic carboxylic acids is 1. The van der Waals surface area contributed by atoms with Crippen LogP contribution in [0, 0.1) is 5.41 Å². The van der Waals surface area contributed by atoms with Crippen LogP contribution in [0.15, 0.2) is 11.6 Å². The number of carboxylic acids is 1. The maximum atomic E-state index is 11.3. The number of hydrogen-bond acceptors (Lipinski definition) is 2. The standard InChI is InChI=1S/C11H14O3/c12-9-4-6-11(10(13)14)5-2-1-3-8(11)7-9/h7H,1-6H2,(H,13,14). The van der Waals surface area contributed by atoms with Crippen molar-refractivity contribution in [2.45, 2.75) is 38.5 Å². The average molecular weight is 194 g/mol. The Morgan fingerprint density at radius 2 is 2.07 bits per heavy atom. The van der Waals surface area contributed by atoms with E-state index in [0.29, 0.717) is 19.3 Å². The van der Waals surface area contributed by atoms with E-state index in [1.165, 1.54) is 0 Å². The molecule has 14 heavy (non-hydrogen) atoms.